The Labute approximate surface area is 266 Å². The number of pyridine rings is 1. The molecule has 2 aromatic carbocycles. The van der Waals surface area contributed by atoms with Crippen molar-refractivity contribution in [2.24, 2.45) is 5.73 Å². The third-order valence-corrected chi connectivity index (χ3v) is 11.4. The third kappa shape index (κ3) is 6.02. The molecule has 250 valence electrons. The Kier molecular flexibility index (Phi) is 8.41. The number of aromatic amines is 1. The summed E-state index contributed by atoms with van der Waals surface area (Å²) in [6, 6.07) is 8.54. The Morgan fingerprint density at radius 1 is 1.11 bits per heavy atom. The highest BCUT2D eigenvalue weighted by atomic mass is 32.2. The molecule has 0 aliphatic carbocycles. The number of H-pyrrole nitrogens is 1. The first kappa shape index (κ1) is 32.7. The number of nitrogen functional groups attached to an aromatic ring is 1. The number of para-hydroxylation sites is 1. The lowest BCUT2D eigenvalue weighted by molar-refractivity contribution is -0.113. The van der Waals surface area contributed by atoms with Crippen LogP contribution in [-0.4, -0.2) is 88.2 Å². The molecule has 5 N–H and O–H groups in total. The lowest BCUT2D eigenvalue weighted by atomic mass is 10.0. The van der Waals surface area contributed by atoms with Crippen LogP contribution in [0.2, 0.25) is 0 Å². The number of rotatable bonds is 9. The third-order valence-electron chi connectivity index (χ3n) is 7.98. The molecule has 4 aromatic rings. The summed E-state index contributed by atoms with van der Waals surface area (Å²) in [5.74, 6) is -1.64. The number of nitrogens with zero attached hydrogens (tertiary/aromatic N) is 2. The smallest absolute Gasteiger partial charge is 0.453 e. The van der Waals surface area contributed by atoms with Gasteiger partial charge in [0.2, 0.25) is 9.84 Å². The number of halogens is 3. The molecule has 2 aliphatic rings. The average Bonchev–Trinajstić information content (AvgIpc) is 3.44. The van der Waals surface area contributed by atoms with Crippen molar-refractivity contribution >= 4 is 42.3 Å². The molecule has 4 heterocycles. The minimum absolute atomic E-state index is 0.000831. The van der Waals surface area contributed by atoms with Gasteiger partial charge in [-0.3, -0.25) is 9.69 Å². The van der Waals surface area contributed by atoms with E-state index in [1.807, 2.05) is 4.90 Å². The molecule has 0 bridgehead atoms. The van der Waals surface area contributed by atoms with Crippen LogP contribution >= 0.6 is 0 Å². The van der Waals surface area contributed by atoms with Crippen LogP contribution in [0.1, 0.15) is 15.9 Å². The van der Waals surface area contributed by atoms with Gasteiger partial charge in [0.15, 0.2) is 5.75 Å². The summed E-state index contributed by atoms with van der Waals surface area (Å²) in [6.45, 7) is 2.06. The van der Waals surface area contributed by atoms with E-state index in [1.165, 1.54) is 24.4 Å². The van der Waals surface area contributed by atoms with Gasteiger partial charge in [-0.1, -0.05) is 12.1 Å². The number of sulfone groups is 2. The maximum absolute atomic E-state index is 14.1. The quantitative estimate of drug-likeness (QED) is 0.218. The van der Waals surface area contributed by atoms with Crippen molar-refractivity contribution in [3.05, 3.63) is 66.0 Å². The van der Waals surface area contributed by atoms with Crippen LogP contribution in [-0.2, 0) is 35.6 Å². The molecular formula is C29H28F3N5O8S2. The van der Waals surface area contributed by atoms with Crippen LogP contribution in [0.4, 0.5) is 18.9 Å². The monoisotopic (exact) mass is 695 g/mol. The predicted octanol–water partition coefficient (Wildman–Crippen LogP) is 2.80. The number of anilines is 1. The second-order valence-electron chi connectivity index (χ2n) is 11.0. The first-order valence-electron chi connectivity index (χ1n) is 14.1. The van der Waals surface area contributed by atoms with Crippen molar-refractivity contribution in [3.63, 3.8) is 0 Å². The number of alkyl halides is 3. The molecule has 47 heavy (non-hydrogen) atoms. The van der Waals surface area contributed by atoms with Gasteiger partial charge in [0, 0.05) is 31.1 Å². The Balaban J connectivity index is 1.45. The number of benzene rings is 2. The molecule has 2 aromatic heterocycles. The molecule has 2 aliphatic heterocycles. The van der Waals surface area contributed by atoms with Crippen molar-refractivity contribution in [1.82, 2.24) is 14.9 Å². The highest BCUT2D eigenvalue weighted by molar-refractivity contribution is 7.93. The van der Waals surface area contributed by atoms with Crippen molar-refractivity contribution in [3.8, 4) is 11.5 Å². The predicted molar refractivity (Wildman–Crippen MR) is 160 cm³/mol. The largest absolute Gasteiger partial charge is 0.502 e. The lowest BCUT2D eigenvalue weighted by Gasteiger charge is -2.42. The molecule has 1 atom stereocenters. The van der Waals surface area contributed by atoms with Crippen molar-refractivity contribution in [2.75, 3.05) is 38.6 Å². The number of primary amides is 1. The zero-order valence-electron chi connectivity index (χ0n) is 24.4. The number of aromatic nitrogens is 2. The molecular weight excluding hydrogens is 667 g/mol. The zero-order valence-corrected chi connectivity index (χ0v) is 26.0. The number of hydrogen-bond acceptors (Lipinski definition) is 11. The van der Waals surface area contributed by atoms with Gasteiger partial charge in [0.05, 0.1) is 54.3 Å². The highest BCUT2D eigenvalue weighted by Crippen LogP contribution is 2.43. The summed E-state index contributed by atoms with van der Waals surface area (Å²) in [5, 5.41) is 0.580. The number of carbonyl (C=O) groups is 1. The van der Waals surface area contributed by atoms with E-state index in [0.29, 0.717) is 30.8 Å². The van der Waals surface area contributed by atoms with E-state index < -0.39 is 63.3 Å². The second-order valence-corrected chi connectivity index (χ2v) is 14.8. The number of nitrogens with one attached hydrogen (secondary N) is 1. The van der Waals surface area contributed by atoms with E-state index in [1.54, 1.807) is 12.3 Å². The first-order chi connectivity index (χ1) is 22.2. The average molecular weight is 696 g/mol. The van der Waals surface area contributed by atoms with Crippen LogP contribution in [0.15, 0.2) is 69.5 Å². The number of amides is 1. The summed E-state index contributed by atoms with van der Waals surface area (Å²) in [4.78, 5) is 18.4. The SMILES string of the molecule is NC(=O)c1cccc(S(=O)(=O)c2ccc(CC3CN(C4COC4)CCO3)c(S(=O)(=O)C(F)(F)F)c2N)c1Oc1cnc2[nH]ccc2c1. The molecule has 18 heteroatoms. The standard InChI is InChI=1S/C29H28F3N5O8S2/c30-29(31,32)47(41,42)26-16(10-20-13-37(8-9-44-20)18-14-43-15-18)4-5-22(24(26)33)46(39,40)23-3-1-2-21(27(34)38)25(23)45-19-11-17-6-7-35-28(17)36-12-19/h1-7,11-12,18,20H,8-10,13-15,33H2,(H2,34,38)(H,35,36). The van der Waals surface area contributed by atoms with Gasteiger partial charge in [-0.25, -0.2) is 21.8 Å². The Morgan fingerprint density at radius 2 is 1.87 bits per heavy atom. The van der Waals surface area contributed by atoms with Crippen molar-refractivity contribution in [2.45, 2.75) is 38.8 Å². The van der Waals surface area contributed by atoms with E-state index in [2.05, 4.69) is 9.97 Å². The van der Waals surface area contributed by atoms with Crippen LogP contribution in [0, 0.1) is 0 Å². The number of hydrogen-bond donors (Lipinski definition) is 3. The molecule has 0 radical (unpaired) electrons. The number of nitrogens with two attached hydrogens (primary N) is 2. The van der Waals surface area contributed by atoms with Crippen molar-refractivity contribution < 1.29 is 49.0 Å². The number of fused-ring (bicyclic) bond motifs is 1. The van der Waals surface area contributed by atoms with Gasteiger partial charge in [0.1, 0.15) is 21.2 Å². The normalized spacial score (nSPS) is 18.2. The molecule has 13 nitrogen and oxygen atoms in total. The maximum Gasteiger partial charge on any atom is 0.502 e. The number of carbonyl (C=O) groups excluding carboxylic acids is 1. The number of ether oxygens (including phenoxy) is 3. The fourth-order valence-corrected chi connectivity index (χ4v) is 8.29. The van der Waals surface area contributed by atoms with Crippen LogP contribution in [0.3, 0.4) is 0 Å². The molecule has 0 saturated carbocycles. The van der Waals surface area contributed by atoms with E-state index in [-0.39, 0.29) is 42.5 Å². The molecule has 2 saturated heterocycles. The minimum Gasteiger partial charge on any atom is -0.453 e. The fourth-order valence-electron chi connectivity index (χ4n) is 5.57. The Morgan fingerprint density at radius 3 is 2.55 bits per heavy atom. The maximum atomic E-state index is 14.1. The van der Waals surface area contributed by atoms with E-state index in [9.17, 15) is 34.8 Å². The summed E-state index contributed by atoms with van der Waals surface area (Å²) in [5.41, 5.74) is 4.37. The van der Waals surface area contributed by atoms with Crippen LogP contribution in [0.5, 0.6) is 11.5 Å². The first-order valence-corrected chi connectivity index (χ1v) is 17.1. The van der Waals surface area contributed by atoms with Gasteiger partial charge in [-0.05, 0) is 35.9 Å². The summed E-state index contributed by atoms with van der Waals surface area (Å²) in [6.07, 6.45) is 1.83. The van der Waals surface area contributed by atoms with E-state index >= 15 is 0 Å². The topological polar surface area (TPSA) is 197 Å². The summed E-state index contributed by atoms with van der Waals surface area (Å²) < 4.78 is 113. The van der Waals surface area contributed by atoms with Gasteiger partial charge in [-0.2, -0.15) is 13.2 Å². The zero-order chi connectivity index (χ0) is 33.7. The summed E-state index contributed by atoms with van der Waals surface area (Å²) >= 11 is 0. The van der Waals surface area contributed by atoms with Crippen LogP contribution in [0.25, 0.3) is 11.0 Å². The molecule has 1 unspecified atom stereocenters. The summed E-state index contributed by atoms with van der Waals surface area (Å²) in [7, 11) is -11.1. The van der Waals surface area contributed by atoms with Crippen LogP contribution < -0.4 is 16.2 Å². The minimum atomic E-state index is -6.17. The lowest BCUT2D eigenvalue weighted by Crippen LogP contribution is -2.55. The highest BCUT2D eigenvalue weighted by Gasteiger charge is 2.50. The van der Waals surface area contributed by atoms with E-state index in [4.69, 9.17) is 25.7 Å². The molecule has 6 rings (SSSR count). The molecule has 2 fully saturated rings. The molecule has 0 spiro atoms. The second kappa shape index (κ2) is 12.1. The fraction of sp³-hybridized carbons (Fsp3) is 0.310. The Bertz CT molecular complexity index is 2080. The van der Waals surface area contributed by atoms with Gasteiger partial charge < -0.3 is 30.7 Å². The van der Waals surface area contributed by atoms with Crippen molar-refractivity contribution in [1.29, 1.82) is 0 Å². The molecule has 1 amide bonds. The van der Waals surface area contributed by atoms with E-state index in [0.717, 1.165) is 18.2 Å². The Hall–Kier alpha value is -4.23. The van der Waals surface area contributed by atoms with Gasteiger partial charge in [-0.15, -0.1) is 0 Å². The number of morpholine rings is 1. The van der Waals surface area contributed by atoms with Gasteiger partial charge >= 0.3 is 5.51 Å². The van der Waals surface area contributed by atoms with Gasteiger partial charge in [0.25, 0.3) is 15.7 Å².